The fourth-order valence-electron chi connectivity index (χ4n) is 1.04. The van der Waals surface area contributed by atoms with E-state index in [9.17, 15) is 4.79 Å². The van der Waals surface area contributed by atoms with Gasteiger partial charge in [-0.3, -0.25) is 0 Å². The molecule has 0 aliphatic heterocycles. The zero-order valence-corrected chi connectivity index (χ0v) is 10.8. The molecule has 0 unspecified atom stereocenters. The van der Waals surface area contributed by atoms with E-state index in [4.69, 9.17) is 5.11 Å². The second kappa shape index (κ2) is 7.06. The Hall–Kier alpha value is -1.36. The van der Waals surface area contributed by atoms with Crippen LogP contribution in [0.25, 0.3) is 6.08 Å². The number of hydrogen-bond acceptors (Lipinski definition) is 4. The molecule has 0 aliphatic rings. The molecule has 1 aromatic heterocycles. The van der Waals surface area contributed by atoms with Crippen molar-refractivity contribution in [3.8, 4) is 0 Å². The minimum absolute atomic E-state index is 0.681. The van der Waals surface area contributed by atoms with Crippen molar-refractivity contribution in [2.24, 2.45) is 5.92 Å². The minimum Gasteiger partial charge on any atom is -0.478 e. The largest absolute Gasteiger partial charge is 0.478 e. The van der Waals surface area contributed by atoms with Crippen molar-refractivity contribution in [2.75, 3.05) is 5.75 Å². The molecule has 0 aliphatic carbocycles. The number of carbonyl (C=O) groups is 1. The number of carboxylic acid groups (broad SMARTS) is 1. The molecule has 0 fully saturated rings. The minimum atomic E-state index is -0.972. The maximum absolute atomic E-state index is 10.3. The third-order valence-electron chi connectivity index (χ3n) is 1.99. The van der Waals surface area contributed by atoms with E-state index in [0.29, 0.717) is 11.5 Å². The molecule has 1 heterocycles. The number of carboxylic acids is 1. The predicted molar refractivity (Wildman–Crippen MR) is 68.9 cm³/mol. The van der Waals surface area contributed by atoms with Gasteiger partial charge in [0.2, 0.25) is 0 Å². The smallest absolute Gasteiger partial charge is 0.328 e. The standard InChI is InChI=1S/C12H16N2O2S/c1-9(2)5-6-17-12-13-7-10(8-14-12)3-4-11(15)16/h3-4,7-9H,5-6H2,1-2H3,(H,15,16)/b4-3+. The lowest BCUT2D eigenvalue weighted by molar-refractivity contribution is -0.131. The Bertz CT molecular complexity index is 388. The highest BCUT2D eigenvalue weighted by atomic mass is 32.2. The summed E-state index contributed by atoms with van der Waals surface area (Å²) in [6.45, 7) is 4.36. The second-order valence-corrected chi connectivity index (χ2v) is 5.06. The summed E-state index contributed by atoms with van der Waals surface area (Å²) in [4.78, 5) is 18.6. The van der Waals surface area contributed by atoms with Crippen molar-refractivity contribution in [1.29, 1.82) is 0 Å². The van der Waals surface area contributed by atoms with E-state index in [-0.39, 0.29) is 0 Å². The fraction of sp³-hybridized carbons (Fsp3) is 0.417. The zero-order chi connectivity index (χ0) is 12.7. The lowest BCUT2D eigenvalue weighted by Gasteiger charge is -2.02. The van der Waals surface area contributed by atoms with Gasteiger partial charge in [0.15, 0.2) is 5.16 Å². The highest BCUT2D eigenvalue weighted by Gasteiger charge is 1.99. The van der Waals surface area contributed by atoms with E-state index in [1.165, 1.54) is 6.08 Å². The Labute approximate surface area is 105 Å². The number of rotatable bonds is 6. The molecule has 0 bridgehead atoms. The summed E-state index contributed by atoms with van der Waals surface area (Å²) in [5.74, 6) is 0.711. The Morgan fingerprint density at radius 3 is 2.65 bits per heavy atom. The highest BCUT2D eigenvalue weighted by Crippen LogP contribution is 2.16. The van der Waals surface area contributed by atoms with Crippen molar-refractivity contribution >= 4 is 23.8 Å². The summed E-state index contributed by atoms with van der Waals surface area (Å²) in [6.07, 6.45) is 6.94. The van der Waals surface area contributed by atoms with Crippen LogP contribution in [-0.4, -0.2) is 26.8 Å². The zero-order valence-electron chi connectivity index (χ0n) is 9.96. The first kappa shape index (κ1) is 13.7. The van der Waals surface area contributed by atoms with Gasteiger partial charge in [0.05, 0.1) is 0 Å². The molecular formula is C12H16N2O2S. The monoisotopic (exact) mass is 252 g/mol. The molecule has 0 aromatic carbocycles. The van der Waals surface area contributed by atoms with Gasteiger partial charge in [0, 0.05) is 29.8 Å². The van der Waals surface area contributed by atoms with Crippen LogP contribution in [-0.2, 0) is 4.79 Å². The van der Waals surface area contributed by atoms with E-state index in [0.717, 1.165) is 23.4 Å². The fourth-order valence-corrected chi connectivity index (χ4v) is 2.07. The van der Waals surface area contributed by atoms with Crippen molar-refractivity contribution in [3.05, 3.63) is 24.0 Å². The van der Waals surface area contributed by atoms with Crippen LogP contribution in [0.1, 0.15) is 25.8 Å². The van der Waals surface area contributed by atoms with Crippen molar-refractivity contribution < 1.29 is 9.90 Å². The van der Waals surface area contributed by atoms with Gasteiger partial charge in [-0.25, -0.2) is 14.8 Å². The number of aliphatic carboxylic acids is 1. The van der Waals surface area contributed by atoms with Gasteiger partial charge in [0.25, 0.3) is 0 Å². The molecule has 0 amide bonds. The Kier molecular flexibility index (Phi) is 5.69. The average Bonchev–Trinajstić information content (AvgIpc) is 2.27. The summed E-state index contributed by atoms with van der Waals surface area (Å²) in [5, 5.41) is 9.20. The molecule has 0 radical (unpaired) electrons. The van der Waals surface area contributed by atoms with E-state index in [1.54, 1.807) is 24.2 Å². The second-order valence-electron chi connectivity index (χ2n) is 4.00. The molecule has 0 spiro atoms. The number of thioether (sulfide) groups is 1. The van der Waals surface area contributed by atoms with Gasteiger partial charge in [-0.15, -0.1) is 0 Å². The van der Waals surface area contributed by atoms with Crippen LogP contribution in [0.4, 0.5) is 0 Å². The predicted octanol–water partition coefficient (Wildman–Crippen LogP) is 2.71. The molecule has 5 heteroatoms. The van der Waals surface area contributed by atoms with Gasteiger partial charge >= 0.3 is 5.97 Å². The molecule has 1 N–H and O–H groups in total. The Balaban J connectivity index is 2.47. The molecule has 0 saturated heterocycles. The van der Waals surface area contributed by atoms with E-state index >= 15 is 0 Å². The van der Waals surface area contributed by atoms with E-state index in [1.807, 2.05) is 0 Å². The van der Waals surface area contributed by atoms with Crippen LogP contribution >= 0.6 is 11.8 Å². The Morgan fingerprint density at radius 2 is 2.12 bits per heavy atom. The van der Waals surface area contributed by atoms with E-state index in [2.05, 4.69) is 23.8 Å². The quantitative estimate of drug-likeness (QED) is 0.479. The van der Waals surface area contributed by atoms with Gasteiger partial charge in [-0.2, -0.15) is 0 Å². The normalized spacial score (nSPS) is 11.2. The number of nitrogens with zero attached hydrogens (tertiary/aromatic N) is 2. The van der Waals surface area contributed by atoms with Crippen molar-refractivity contribution in [3.63, 3.8) is 0 Å². The third-order valence-corrected chi connectivity index (χ3v) is 2.90. The molecule has 17 heavy (non-hydrogen) atoms. The molecule has 0 saturated carbocycles. The van der Waals surface area contributed by atoms with Crippen LogP contribution in [0, 0.1) is 5.92 Å². The first-order valence-corrected chi connectivity index (χ1v) is 6.42. The summed E-state index contributed by atoms with van der Waals surface area (Å²) < 4.78 is 0. The summed E-state index contributed by atoms with van der Waals surface area (Å²) >= 11 is 1.62. The Morgan fingerprint density at radius 1 is 1.47 bits per heavy atom. The first-order chi connectivity index (χ1) is 8.08. The topological polar surface area (TPSA) is 63.1 Å². The molecule has 1 aromatic rings. The summed E-state index contributed by atoms with van der Waals surface area (Å²) in [7, 11) is 0. The summed E-state index contributed by atoms with van der Waals surface area (Å²) in [5.41, 5.74) is 0.695. The van der Waals surface area contributed by atoms with Gasteiger partial charge in [-0.1, -0.05) is 25.6 Å². The maximum Gasteiger partial charge on any atom is 0.328 e. The number of hydrogen-bond donors (Lipinski definition) is 1. The highest BCUT2D eigenvalue weighted by molar-refractivity contribution is 7.99. The van der Waals surface area contributed by atoms with E-state index < -0.39 is 5.97 Å². The van der Waals surface area contributed by atoms with Crippen LogP contribution in [0.2, 0.25) is 0 Å². The lowest BCUT2D eigenvalue weighted by atomic mass is 10.2. The van der Waals surface area contributed by atoms with Crippen LogP contribution in [0.5, 0.6) is 0 Å². The van der Waals surface area contributed by atoms with Gasteiger partial charge < -0.3 is 5.11 Å². The van der Waals surface area contributed by atoms with Crippen molar-refractivity contribution in [2.45, 2.75) is 25.4 Å². The third kappa shape index (κ3) is 6.06. The molecule has 4 nitrogen and oxygen atoms in total. The lowest BCUT2D eigenvalue weighted by Crippen LogP contribution is -1.93. The molecule has 92 valence electrons. The molecule has 1 rings (SSSR count). The van der Waals surface area contributed by atoms with Gasteiger partial charge in [-0.05, 0) is 18.4 Å². The average molecular weight is 252 g/mol. The number of aromatic nitrogens is 2. The summed E-state index contributed by atoms with van der Waals surface area (Å²) in [6, 6.07) is 0. The van der Waals surface area contributed by atoms with Crippen LogP contribution < -0.4 is 0 Å². The SMILES string of the molecule is CC(C)CCSc1ncc(/C=C/C(=O)O)cn1. The van der Waals surface area contributed by atoms with Crippen LogP contribution in [0.3, 0.4) is 0 Å². The molecule has 0 atom stereocenters. The van der Waals surface area contributed by atoms with Crippen molar-refractivity contribution in [1.82, 2.24) is 9.97 Å². The van der Waals surface area contributed by atoms with Crippen LogP contribution in [0.15, 0.2) is 23.6 Å². The molecular weight excluding hydrogens is 236 g/mol. The van der Waals surface area contributed by atoms with Gasteiger partial charge in [0.1, 0.15) is 0 Å². The first-order valence-electron chi connectivity index (χ1n) is 5.44. The maximum atomic E-state index is 10.3.